The molecule has 1 fully saturated rings. The molecule has 1 aromatic heterocycles. The van der Waals surface area contributed by atoms with E-state index in [0.717, 1.165) is 37.0 Å². The highest BCUT2D eigenvalue weighted by molar-refractivity contribution is 8.13. The Morgan fingerprint density at radius 1 is 1.03 bits per heavy atom. The van der Waals surface area contributed by atoms with E-state index in [1.807, 2.05) is 51.1 Å². The van der Waals surface area contributed by atoms with Crippen molar-refractivity contribution in [1.82, 2.24) is 4.57 Å². The number of carbonyl (C=O) groups is 1. The number of aromatic nitrogens is 1. The monoisotopic (exact) mass is 460 g/mol. The number of fused-ring (bicyclic) bond motifs is 1. The third kappa shape index (κ3) is 4.43. The molecule has 2 aromatic carbocycles. The maximum Gasteiger partial charge on any atom is 0.419 e. The van der Waals surface area contributed by atoms with Gasteiger partial charge in [-0.1, -0.05) is 18.2 Å². The van der Waals surface area contributed by atoms with Crippen LogP contribution >= 0.6 is 10.7 Å². The van der Waals surface area contributed by atoms with Crippen molar-refractivity contribution >= 4 is 42.4 Å². The van der Waals surface area contributed by atoms with Crippen molar-refractivity contribution in [3.8, 4) is 11.3 Å². The molecule has 0 N–H and O–H groups in total. The first-order valence-corrected chi connectivity index (χ1v) is 12.5. The zero-order valence-corrected chi connectivity index (χ0v) is 19.3. The third-order valence-corrected chi connectivity index (χ3v) is 6.61. The molecule has 1 saturated heterocycles. The lowest BCUT2D eigenvalue weighted by Crippen LogP contribution is -2.27. The van der Waals surface area contributed by atoms with Crippen LogP contribution in [0.15, 0.2) is 53.4 Å². The van der Waals surface area contributed by atoms with Crippen LogP contribution in [0.3, 0.4) is 0 Å². The molecule has 1 aliphatic heterocycles. The summed E-state index contributed by atoms with van der Waals surface area (Å²) in [4.78, 5) is 15.4. The Morgan fingerprint density at radius 3 is 2.35 bits per heavy atom. The van der Waals surface area contributed by atoms with Crippen molar-refractivity contribution in [2.45, 2.75) is 44.1 Å². The van der Waals surface area contributed by atoms with Crippen LogP contribution in [0.4, 0.5) is 10.5 Å². The molecule has 0 radical (unpaired) electrons. The van der Waals surface area contributed by atoms with Crippen molar-refractivity contribution in [3.05, 3.63) is 48.5 Å². The summed E-state index contributed by atoms with van der Waals surface area (Å²) >= 11 is 0. The van der Waals surface area contributed by atoms with Gasteiger partial charge in [0.05, 0.1) is 16.1 Å². The van der Waals surface area contributed by atoms with Crippen LogP contribution in [0.2, 0.25) is 0 Å². The van der Waals surface area contributed by atoms with Gasteiger partial charge in [-0.2, -0.15) is 0 Å². The van der Waals surface area contributed by atoms with Gasteiger partial charge >= 0.3 is 6.09 Å². The van der Waals surface area contributed by atoms with Crippen molar-refractivity contribution in [3.63, 3.8) is 0 Å². The van der Waals surface area contributed by atoms with E-state index < -0.39 is 20.7 Å². The molecule has 0 saturated carbocycles. The summed E-state index contributed by atoms with van der Waals surface area (Å²) in [5.41, 5.74) is 2.08. The highest BCUT2D eigenvalue weighted by Gasteiger charge is 2.26. The van der Waals surface area contributed by atoms with Crippen LogP contribution in [0.5, 0.6) is 0 Å². The molecule has 6 nitrogen and oxygen atoms in total. The van der Waals surface area contributed by atoms with Crippen LogP contribution < -0.4 is 4.90 Å². The summed E-state index contributed by atoms with van der Waals surface area (Å²) in [6, 6.07) is 14.2. The lowest BCUT2D eigenvalue weighted by atomic mass is 10.1. The van der Waals surface area contributed by atoms with Gasteiger partial charge in [0.15, 0.2) is 0 Å². The molecule has 0 spiro atoms. The highest BCUT2D eigenvalue weighted by Crippen LogP contribution is 2.38. The van der Waals surface area contributed by atoms with Crippen molar-refractivity contribution in [2.24, 2.45) is 0 Å². The van der Waals surface area contributed by atoms with Crippen LogP contribution in [0, 0.1) is 0 Å². The Labute approximate surface area is 186 Å². The number of benzene rings is 2. The molecular weight excluding hydrogens is 436 g/mol. The highest BCUT2D eigenvalue weighted by atomic mass is 35.7. The van der Waals surface area contributed by atoms with E-state index >= 15 is 0 Å². The Hall–Kier alpha value is -2.51. The quantitative estimate of drug-likeness (QED) is 0.474. The second-order valence-electron chi connectivity index (χ2n) is 8.72. The third-order valence-electron chi connectivity index (χ3n) is 5.26. The normalized spacial score (nSPS) is 14.9. The fourth-order valence-electron chi connectivity index (χ4n) is 3.96. The van der Waals surface area contributed by atoms with Gasteiger partial charge in [-0.25, -0.2) is 17.8 Å². The number of rotatable bonds is 3. The van der Waals surface area contributed by atoms with Gasteiger partial charge in [0.25, 0.3) is 9.05 Å². The lowest BCUT2D eigenvalue weighted by Gasteiger charge is -2.24. The average molecular weight is 461 g/mol. The van der Waals surface area contributed by atoms with E-state index in [1.54, 1.807) is 12.1 Å². The summed E-state index contributed by atoms with van der Waals surface area (Å²) in [7, 11) is 1.72. The molecule has 4 rings (SSSR count). The minimum absolute atomic E-state index is 0.00638. The van der Waals surface area contributed by atoms with Gasteiger partial charge in [-0.05, 0) is 63.9 Å². The number of anilines is 1. The standard InChI is InChI=1S/C23H25ClN2O4S/c1-23(2,3)30-22(27)26-19-9-5-4-8-16(19)14-21(26)18-15-17(31(24,28)29)10-11-20(18)25-12-6-7-13-25/h4-5,8-11,14-15H,6-7,12-13H2,1-3H3. The van der Waals surface area contributed by atoms with E-state index in [-0.39, 0.29) is 4.90 Å². The summed E-state index contributed by atoms with van der Waals surface area (Å²) in [5, 5.41) is 0.856. The Bertz CT molecular complexity index is 1250. The average Bonchev–Trinajstić information content (AvgIpc) is 3.33. The molecule has 1 aliphatic rings. The minimum atomic E-state index is -3.94. The molecular formula is C23H25ClN2O4S. The molecule has 0 unspecified atom stereocenters. The SMILES string of the molecule is CC(C)(C)OC(=O)n1c(-c2cc(S(=O)(=O)Cl)ccc2N2CCCC2)cc2ccccc21. The molecule has 0 bridgehead atoms. The van der Waals surface area contributed by atoms with Gasteiger partial charge in [-0.3, -0.25) is 0 Å². The number of carbonyl (C=O) groups excluding carboxylic acids is 1. The van der Waals surface area contributed by atoms with Gasteiger partial charge in [0, 0.05) is 40.4 Å². The molecule has 0 aliphatic carbocycles. The summed E-state index contributed by atoms with van der Waals surface area (Å²) in [6.07, 6.45) is 1.60. The zero-order chi connectivity index (χ0) is 22.4. The number of halogens is 1. The molecule has 164 valence electrons. The van der Waals surface area contributed by atoms with Crippen LogP contribution in [-0.2, 0) is 13.8 Å². The maximum absolute atomic E-state index is 13.2. The smallest absolute Gasteiger partial charge is 0.419 e. The lowest BCUT2D eigenvalue weighted by molar-refractivity contribution is 0.0547. The van der Waals surface area contributed by atoms with E-state index in [9.17, 15) is 13.2 Å². The first-order valence-electron chi connectivity index (χ1n) is 10.2. The number of hydrogen-bond acceptors (Lipinski definition) is 5. The second kappa shape index (κ2) is 7.88. The van der Waals surface area contributed by atoms with Crippen LogP contribution in [0.25, 0.3) is 22.2 Å². The first-order chi connectivity index (χ1) is 14.5. The Kier molecular flexibility index (Phi) is 5.52. The van der Waals surface area contributed by atoms with Crippen LogP contribution in [-0.4, -0.2) is 37.8 Å². The minimum Gasteiger partial charge on any atom is -0.443 e. The number of ether oxygens (including phenoxy) is 1. The van der Waals surface area contributed by atoms with Crippen molar-refractivity contribution in [1.29, 1.82) is 0 Å². The number of para-hydroxylation sites is 1. The van der Waals surface area contributed by atoms with Gasteiger partial charge < -0.3 is 9.64 Å². The summed E-state index contributed by atoms with van der Waals surface area (Å²) in [6.45, 7) is 7.17. The fourth-order valence-corrected chi connectivity index (χ4v) is 4.74. The Balaban J connectivity index is 1.99. The zero-order valence-electron chi connectivity index (χ0n) is 17.8. The predicted octanol–water partition coefficient (Wildman–Crippen LogP) is 5.62. The predicted molar refractivity (Wildman–Crippen MR) is 123 cm³/mol. The molecule has 2 heterocycles. The Morgan fingerprint density at radius 2 is 1.71 bits per heavy atom. The van der Waals surface area contributed by atoms with E-state index in [2.05, 4.69) is 4.90 Å². The van der Waals surface area contributed by atoms with Crippen LogP contribution in [0.1, 0.15) is 33.6 Å². The second-order valence-corrected chi connectivity index (χ2v) is 11.3. The largest absolute Gasteiger partial charge is 0.443 e. The van der Waals surface area contributed by atoms with Gasteiger partial charge in [0.2, 0.25) is 0 Å². The molecule has 8 heteroatoms. The molecule has 0 amide bonds. The maximum atomic E-state index is 13.2. The first kappa shape index (κ1) is 21.7. The van der Waals surface area contributed by atoms with E-state index in [0.29, 0.717) is 16.8 Å². The summed E-state index contributed by atoms with van der Waals surface area (Å²) < 4.78 is 31.4. The van der Waals surface area contributed by atoms with E-state index in [1.165, 1.54) is 10.6 Å². The molecule has 3 aromatic rings. The van der Waals surface area contributed by atoms with Gasteiger partial charge in [0.1, 0.15) is 5.60 Å². The topological polar surface area (TPSA) is 68.6 Å². The molecule has 31 heavy (non-hydrogen) atoms. The summed E-state index contributed by atoms with van der Waals surface area (Å²) in [5.74, 6) is 0. The molecule has 0 atom stereocenters. The number of nitrogens with zero attached hydrogens (tertiary/aromatic N) is 2. The number of hydrogen-bond donors (Lipinski definition) is 0. The van der Waals surface area contributed by atoms with E-state index in [4.69, 9.17) is 15.4 Å². The van der Waals surface area contributed by atoms with Crippen molar-refractivity contribution in [2.75, 3.05) is 18.0 Å². The fraction of sp³-hybridized carbons (Fsp3) is 0.348. The van der Waals surface area contributed by atoms with Gasteiger partial charge in [-0.15, -0.1) is 0 Å². The van der Waals surface area contributed by atoms with Crippen molar-refractivity contribution < 1.29 is 17.9 Å².